The molecule has 0 fully saturated rings. The number of nitrogens with two attached hydrogens (primary N) is 1. The average molecular weight is 336 g/mol. The summed E-state index contributed by atoms with van der Waals surface area (Å²) in [6.45, 7) is 0.320. The van der Waals surface area contributed by atoms with Gasteiger partial charge in [-0.15, -0.1) is 0 Å². The number of nitrogens with zero attached hydrogens (tertiary/aromatic N) is 2. The highest BCUT2D eigenvalue weighted by Gasteiger charge is 2.17. The van der Waals surface area contributed by atoms with Crippen molar-refractivity contribution in [2.24, 2.45) is 5.14 Å². The van der Waals surface area contributed by atoms with Crippen molar-refractivity contribution in [2.75, 3.05) is 13.7 Å². The smallest absolute Gasteiger partial charge is 0.255 e. The molecule has 0 saturated carbocycles. The van der Waals surface area contributed by atoms with Gasteiger partial charge in [0, 0.05) is 31.6 Å². The lowest BCUT2D eigenvalue weighted by Crippen LogP contribution is -2.27. The topological polar surface area (TPSA) is 124 Å². The van der Waals surface area contributed by atoms with E-state index >= 15 is 0 Å². The molecular formula is C14H16N4O4S. The van der Waals surface area contributed by atoms with E-state index in [1.807, 2.05) is 0 Å². The zero-order valence-electron chi connectivity index (χ0n) is 12.4. The highest BCUT2D eigenvalue weighted by molar-refractivity contribution is 7.89. The van der Waals surface area contributed by atoms with Crippen LogP contribution in [0.2, 0.25) is 0 Å². The van der Waals surface area contributed by atoms with Crippen LogP contribution in [0.1, 0.15) is 16.1 Å². The second kappa shape index (κ2) is 7.16. The maximum Gasteiger partial charge on any atom is 0.255 e. The zero-order valence-corrected chi connectivity index (χ0v) is 13.2. The fourth-order valence-electron chi connectivity index (χ4n) is 1.90. The SMILES string of the molecule is COc1ccc(S(N)(=O)=O)cc1C(=O)NCCc1cnccn1. The number of amides is 1. The molecule has 1 amide bonds. The highest BCUT2D eigenvalue weighted by atomic mass is 32.2. The normalized spacial score (nSPS) is 11.0. The zero-order chi connectivity index (χ0) is 16.9. The molecule has 2 aromatic rings. The molecule has 0 saturated heterocycles. The van der Waals surface area contributed by atoms with Crippen LogP contribution in [0.25, 0.3) is 0 Å². The van der Waals surface area contributed by atoms with Gasteiger partial charge in [0.05, 0.1) is 23.3 Å². The van der Waals surface area contributed by atoms with Crippen molar-refractivity contribution in [1.82, 2.24) is 15.3 Å². The highest BCUT2D eigenvalue weighted by Crippen LogP contribution is 2.21. The average Bonchev–Trinajstić information content (AvgIpc) is 2.54. The van der Waals surface area contributed by atoms with E-state index in [2.05, 4.69) is 15.3 Å². The summed E-state index contributed by atoms with van der Waals surface area (Å²) in [5, 5.41) is 7.76. The maximum atomic E-state index is 12.2. The molecule has 0 atom stereocenters. The van der Waals surface area contributed by atoms with E-state index in [1.165, 1.54) is 25.3 Å². The van der Waals surface area contributed by atoms with Gasteiger partial charge in [-0.25, -0.2) is 13.6 Å². The first-order valence-corrected chi connectivity index (χ1v) is 8.20. The van der Waals surface area contributed by atoms with Crippen LogP contribution in [0.4, 0.5) is 0 Å². The molecular weight excluding hydrogens is 320 g/mol. The lowest BCUT2D eigenvalue weighted by atomic mass is 10.2. The number of benzene rings is 1. The first kappa shape index (κ1) is 16.8. The van der Waals surface area contributed by atoms with Crippen LogP contribution in [-0.4, -0.2) is 37.9 Å². The van der Waals surface area contributed by atoms with Gasteiger partial charge in [-0.05, 0) is 18.2 Å². The van der Waals surface area contributed by atoms with Crippen molar-refractivity contribution in [3.8, 4) is 5.75 Å². The van der Waals surface area contributed by atoms with Crippen LogP contribution in [0.5, 0.6) is 5.75 Å². The second-order valence-electron chi connectivity index (χ2n) is 4.61. The molecule has 8 nitrogen and oxygen atoms in total. The molecule has 23 heavy (non-hydrogen) atoms. The number of rotatable bonds is 6. The first-order chi connectivity index (χ1) is 10.9. The predicted octanol–water partition coefficient (Wildman–Crippen LogP) is 0.105. The molecule has 2 rings (SSSR count). The van der Waals surface area contributed by atoms with E-state index in [1.54, 1.807) is 18.6 Å². The quantitative estimate of drug-likeness (QED) is 0.771. The Kier molecular flexibility index (Phi) is 5.24. The standard InChI is InChI=1S/C14H16N4O4S/c1-22-13-3-2-11(23(15,20)21)8-12(13)14(19)18-5-4-10-9-16-6-7-17-10/h2-3,6-9H,4-5H2,1H3,(H,18,19)(H2,15,20,21). The van der Waals surface area contributed by atoms with Crippen LogP contribution in [-0.2, 0) is 16.4 Å². The first-order valence-electron chi connectivity index (χ1n) is 6.66. The largest absolute Gasteiger partial charge is 0.496 e. The number of nitrogens with one attached hydrogen (secondary N) is 1. The fraction of sp³-hybridized carbons (Fsp3) is 0.214. The molecule has 1 aromatic carbocycles. The summed E-state index contributed by atoms with van der Waals surface area (Å²) < 4.78 is 27.9. The Bertz CT molecular complexity index is 794. The van der Waals surface area contributed by atoms with Crippen LogP contribution in [0.3, 0.4) is 0 Å². The van der Waals surface area contributed by atoms with Gasteiger partial charge in [0.25, 0.3) is 5.91 Å². The minimum Gasteiger partial charge on any atom is -0.496 e. The van der Waals surface area contributed by atoms with Crippen molar-refractivity contribution in [1.29, 1.82) is 0 Å². The monoisotopic (exact) mass is 336 g/mol. The molecule has 0 unspecified atom stereocenters. The van der Waals surface area contributed by atoms with Crippen LogP contribution in [0.15, 0.2) is 41.7 Å². The number of primary sulfonamides is 1. The molecule has 9 heteroatoms. The van der Waals surface area contributed by atoms with Gasteiger partial charge < -0.3 is 10.1 Å². The van der Waals surface area contributed by atoms with Gasteiger partial charge in [-0.3, -0.25) is 14.8 Å². The molecule has 3 N–H and O–H groups in total. The summed E-state index contributed by atoms with van der Waals surface area (Å²) in [6, 6.07) is 3.85. The number of hydrogen-bond donors (Lipinski definition) is 2. The number of sulfonamides is 1. The number of ether oxygens (including phenoxy) is 1. The Balaban J connectivity index is 2.11. The Labute approximate surface area is 133 Å². The lowest BCUT2D eigenvalue weighted by molar-refractivity contribution is 0.0951. The summed E-state index contributed by atoms with van der Waals surface area (Å²) in [5.74, 6) is -0.203. The maximum absolute atomic E-state index is 12.2. The third-order valence-electron chi connectivity index (χ3n) is 3.03. The molecule has 0 bridgehead atoms. The lowest BCUT2D eigenvalue weighted by Gasteiger charge is -2.10. The predicted molar refractivity (Wildman–Crippen MR) is 82.4 cm³/mol. The third kappa shape index (κ3) is 4.47. The van der Waals surface area contributed by atoms with E-state index in [0.717, 1.165) is 5.69 Å². The van der Waals surface area contributed by atoms with E-state index < -0.39 is 15.9 Å². The molecule has 122 valence electrons. The third-order valence-corrected chi connectivity index (χ3v) is 3.94. The second-order valence-corrected chi connectivity index (χ2v) is 6.17. The number of aromatic nitrogens is 2. The molecule has 1 heterocycles. The minimum atomic E-state index is -3.90. The Hall–Kier alpha value is -2.52. The Morgan fingerprint density at radius 2 is 2.13 bits per heavy atom. The van der Waals surface area contributed by atoms with Crippen molar-refractivity contribution in [2.45, 2.75) is 11.3 Å². The van der Waals surface area contributed by atoms with Gasteiger partial charge in [0.2, 0.25) is 10.0 Å². The fourth-order valence-corrected chi connectivity index (χ4v) is 2.44. The number of methoxy groups -OCH3 is 1. The Morgan fingerprint density at radius 1 is 1.35 bits per heavy atom. The van der Waals surface area contributed by atoms with Crippen molar-refractivity contribution in [3.05, 3.63) is 48.0 Å². The van der Waals surface area contributed by atoms with Crippen molar-refractivity contribution in [3.63, 3.8) is 0 Å². The van der Waals surface area contributed by atoms with Crippen LogP contribution < -0.4 is 15.2 Å². The minimum absolute atomic E-state index is 0.0955. The van der Waals surface area contributed by atoms with Crippen molar-refractivity contribution < 1.29 is 17.9 Å². The van der Waals surface area contributed by atoms with E-state index in [9.17, 15) is 13.2 Å². The number of carbonyl (C=O) groups excluding carboxylic acids is 1. The van der Waals surface area contributed by atoms with E-state index in [-0.39, 0.29) is 16.2 Å². The summed E-state index contributed by atoms with van der Waals surface area (Å²) in [5.41, 5.74) is 0.830. The summed E-state index contributed by atoms with van der Waals surface area (Å²) >= 11 is 0. The number of carbonyl (C=O) groups is 1. The van der Waals surface area contributed by atoms with Gasteiger partial charge in [-0.1, -0.05) is 0 Å². The van der Waals surface area contributed by atoms with Crippen LogP contribution >= 0.6 is 0 Å². The summed E-state index contributed by atoms with van der Waals surface area (Å²) in [7, 11) is -2.51. The van der Waals surface area contributed by atoms with E-state index in [4.69, 9.17) is 9.88 Å². The Morgan fingerprint density at radius 3 is 2.74 bits per heavy atom. The molecule has 0 aliphatic carbocycles. The summed E-state index contributed by atoms with van der Waals surface area (Å²) in [4.78, 5) is 20.1. The van der Waals surface area contributed by atoms with Crippen molar-refractivity contribution >= 4 is 15.9 Å². The van der Waals surface area contributed by atoms with Gasteiger partial charge in [-0.2, -0.15) is 0 Å². The molecule has 0 aliphatic rings. The molecule has 0 aliphatic heterocycles. The van der Waals surface area contributed by atoms with Gasteiger partial charge in [0.1, 0.15) is 5.75 Å². The van der Waals surface area contributed by atoms with Gasteiger partial charge in [0.15, 0.2) is 0 Å². The van der Waals surface area contributed by atoms with Crippen LogP contribution in [0, 0.1) is 0 Å². The van der Waals surface area contributed by atoms with E-state index in [0.29, 0.717) is 13.0 Å². The molecule has 0 radical (unpaired) electrons. The molecule has 1 aromatic heterocycles. The number of hydrogen-bond acceptors (Lipinski definition) is 6. The summed E-state index contributed by atoms with van der Waals surface area (Å²) in [6.07, 6.45) is 5.23. The van der Waals surface area contributed by atoms with Gasteiger partial charge >= 0.3 is 0 Å². The molecule has 0 spiro atoms.